The topological polar surface area (TPSA) is 236 Å². The van der Waals surface area contributed by atoms with E-state index in [1.807, 2.05) is 78.9 Å². The minimum atomic E-state index is -4.27. The maximum Gasteiger partial charge on any atom is 0.410 e. The number of amides is 1. The van der Waals surface area contributed by atoms with E-state index in [0.717, 1.165) is 63.8 Å². The average molecular weight is 1150 g/mol. The molecular weight excluding hydrogens is 1070 g/mol. The van der Waals surface area contributed by atoms with Gasteiger partial charge in [-0.3, -0.25) is 20.1 Å². The molecule has 0 aromatic heterocycles. The molecule has 2 aliphatic rings. The van der Waals surface area contributed by atoms with Crippen molar-refractivity contribution in [2.75, 3.05) is 52.3 Å². The highest BCUT2D eigenvalue weighted by Gasteiger charge is 2.39. The Bertz CT molecular complexity index is 3360. The number of rotatable bonds is 16. The Morgan fingerprint density at radius 2 is 1.13 bits per heavy atom. The zero-order valence-electron chi connectivity index (χ0n) is 47.5. The Kier molecular flexibility index (Phi) is 24.3. The molecule has 0 saturated heterocycles. The fraction of sp³-hybridized carbons (Fsp3) is 0.277. The summed E-state index contributed by atoms with van der Waals surface area (Å²) in [4.78, 5) is 25.0. The van der Waals surface area contributed by atoms with Gasteiger partial charge in [0.1, 0.15) is 30.3 Å². The molecular formula is C65H78N6O11S. The van der Waals surface area contributed by atoms with Gasteiger partial charge in [-0.05, 0) is 122 Å². The highest BCUT2D eigenvalue weighted by Crippen LogP contribution is 2.41. The van der Waals surface area contributed by atoms with Crippen molar-refractivity contribution < 1.29 is 51.2 Å². The van der Waals surface area contributed by atoms with E-state index in [1.165, 1.54) is 23.1 Å². The van der Waals surface area contributed by atoms with Gasteiger partial charge in [0, 0.05) is 18.7 Å². The van der Waals surface area contributed by atoms with Crippen LogP contribution in [0.2, 0.25) is 0 Å². The van der Waals surface area contributed by atoms with E-state index in [-0.39, 0.29) is 26.2 Å². The zero-order chi connectivity index (χ0) is 57.9. The van der Waals surface area contributed by atoms with Crippen LogP contribution in [0.1, 0.15) is 89.6 Å². The van der Waals surface area contributed by atoms with E-state index in [9.17, 15) is 18.0 Å². The number of amidine groups is 1. The van der Waals surface area contributed by atoms with E-state index in [2.05, 4.69) is 47.8 Å². The minimum absolute atomic E-state index is 0. The number of hydrogen-bond donors (Lipinski definition) is 4. The lowest BCUT2D eigenvalue weighted by Crippen LogP contribution is -2.48. The fourth-order valence-electron chi connectivity index (χ4n) is 9.12. The van der Waals surface area contributed by atoms with E-state index < -0.39 is 38.5 Å². The van der Waals surface area contributed by atoms with Crippen LogP contribution in [0.4, 0.5) is 10.5 Å². The second-order valence-electron chi connectivity index (χ2n) is 19.8. The summed E-state index contributed by atoms with van der Waals surface area (Å²) in [6.07, 6.45) is 5.82. The third kappa shape index (κ3) is 17.7. The Balaban J connectivity index is 0.000000262. The first kappa shape index (κ1) is 65.1. The monoisotopic (exact) mass is 1150 g/mol. The van der Waals surface area contributed by atoms with Gasteiger partial charge >= 0.3 is 6.09 Å². The van der Waals surface area contributed by atoms with Crippen molar-refractivity contribution in [1.82, 2.24) is 16.4 Å². The van der Waals surface area contributed by atoms with Crippen molar-refractivity contribution in [3.05, 3.63) is 214 Å². The van der Waals surface area contributed by atoms with E-state index in [4.69, 9.17) is 44.4 Å². The highest BCUT2D eigenvalue weighted by atomic mass is 32.2. The molecule has 2 heterocycles. The highest BCUT2D eigenvalue weighted by molar-refractivity contribution is 8.06. The Morgan fingerprint density at radius 1 is 0.663 bits per heavy atom. The number of ether oxygens (including phenoxy) is 7. The van der Waals surface area contributed by atoms with Crippen molar-refractivity contribution in [2.24, 2.45) is 5.84 Å². The second-order valence-corrected chi connectivity index (χ2v) is 21.8. The maximum absolute atomic E-state index is 13.6. The molecule has 0 spiro atoms. The summed E-state index contributed by atoms with van der Waals surface area (Å²) >= 11 is 0. The first-order valence-corrected chi connectivity index (χ1v) is 28.0. The van der Waals surface area contributed by atoms with Gasteiger partial charge in [0.25, 0.3) is 0 Å². The lowest BCUT2D eigenvalue weighted by Gasteiger charge is -2.38. The van der Waals surface area contributed by atoms with Gasteiger partial charge in [0.15, 0.2) is 29.3 Å². The number of carbonyl (C=O) groups is 2. The number of carbonyl (C=O) groups excluding carboxylic acids is 2. The number of hydrazine groups is 1. The summed E-state index contributed by atoms with van der Waals surface area (Å²) < 4.78 is 66.6. The van der Waals surface area contributed by atoms with Gasteiger partial charge in [0.2, 0.25) is 15.0 Å². The van der Waals surface area contributed by atoms with E-state index in [1.54, 1.807) is 96.7 Å². The van der Waals surface area contributed by atoms with E-state index in [0.29, 0.717) is 53.7 Å². The predicted octanol–water partition coefficient (Wildman–Crippen LogP) is 12.3. The molecule has 7 N–H and O–H groups in total. The number of nitrogens with two attached hydrogens (primary N) is 1. The number of methoxy groups -OCH3 is 4. The summed E-state index contributed by atoms with van der Waals surface area (Å²) in [5.41, 5.74) is 7.21. The molecule has 2 unspecified atom stereocenters. The van der Waals surface area contributed by atoms with Crippen molar-refractivity contribution in [3.63, 3.8) is 0 Å². The number of benzene rings is 7. The molecule has 83 heavy (non-hydrogen) atoms. The van der Waals surface area contributed by atoms with Crippen LogP contribution in [0.3, 0.4) is 0 Å². The van der Waals surface area contributed by atoms with Gasteiger partial charge < -0.3 is 44.6 Å². The minimum Gasteiger partial charge on any atom is -0.496 e. The standard InChI is InChI=1S/C30H36N4O6S.C26H27NO3.C8H8O2.CH4.H3N/c1-30(2,3)40-29(35)33-16-15-22-17-27(39-19-21-11-7-5-8-12-21)26(38-4)18-24(22)25(33)20-41(36,37)28(31)34(32)23-13-9-6-10-14-23;1-28-24-11-7-6-10-20(24)12-13-23-22-17-25(29-2)26(16-21(22)14-15-27-23)30-18-19-8-4-3-5-9-19;1-10-8-5-3-2-4-7(8)6-9;;/h5-14,17-18,25,31H,15-16,19-20,32H2,1-4H3;3-13,16-17,23,27H,14-15,18H2,1-2H3;2-6H,1H3;1H4;1H3/b;13-12+;;;. The summed E-state index contributed by atoms with van der Waals surface area (Å²) in [7, 11) is 2.15. The van der Waals surface area contributed by atoms with Gasteiger partial charge in [-0.2, -0.15) is 0 Å². The molecule has 7 aromatic carbocycles. The van der Waals surface area contributed by atoms with Crippen LogP contribution in [0.5, 0.6) is 34.5 Å². The number of para-hydroxylation sites is 3. The molecule has 440 valence electrons. The molecule has 0 fully saturated rings. The van der Waals surface area contributed by atoms with Crippen LogP contribution < -0.4 is 50.7 Å². The van der Waals surface area contributed by atoms with Crippen LogP contribution >= 0.6 is 0 Å². The number of aldehydes is 1. The van der Waals surface area contributed by atoms with Gasteiger partial charge in [0.05, 0.1) is 57.5 Å². The summed E-state index contributed by atoms with van der Waals surface area (Å²) in [5, 5.41) is 12.1. The number of hydrogen-bond acceptors (Lipinski definition) is 15. The molecule has 1 amide bonds. The van der Waals surface area contributed by atoms with Crippen molar-refractivity contribution >= 4 is 39.1 Å². The summed E-state index contributed by atoms with van der Waals surface area (Å²) in [5.74, 6) is 9.39. The molecule has 17 nitrogen and oxygen atoms in total. The molecule has 0 radical (unpaired) electrons. The van der Waals surface area contributed by atoms with Crippen LogP contribution in [-0.4, -0.2) is 83.7 Å². The molecule has 0 bridgehead atoms. The number of sulfone groups is 1. The summed E-state index contributed by atoms with van der Waals surface area (Å²) in [6.45, 7) is 7.21. The number of anilines is 1. The fourth-order valence-corrected chi connectivity index (χ4v) is 10.5. The molecule has 18 heteroatoms. The molecule has 9 rings (SSSR count). The van der Waals surface area contributed by atoms with Crippen LogP contribution in [0, 0.1) is 5.41 Å². The smallest absolute Gasteiger partial charge is 0.410 e. The molecule has 2 atom stereocenters. The lowest BCUT2D eigenvalue weighted by atomic mass is 9.93. The maximum atomic E-state index is 13.6. The third-order valence-electron chi connectivity index (χ3n) is 13.2. The van der Waals surface area contributed by atoms with Crippen molar-refractivity contribution in [2.45, 2.75) is 71.9 Å². The SMILES string of the molecule is C.COc1cc2c(cc1OCc1ccccc1)CCN(C(=O)OC(C)(C)C)C2CS(=O)(=O)C(=N)N(N)c1ccccc1.COc1ccccc1/C=C/C1NCCc2cc(OCc3ccccc3)c(OC)cc21.COc1ccccc1C=O.N. The van der Waals surface area contributed by atoms with Crippen LogP contribution in [0.25, 0.3) is 6.08 Å². The third-order valence-corrected chi connectivity index (χ3v) is 14.7. The predicted molar refractivity (Wildman–Crippen MR) is 328 cm³/mol. The number of nitrogens with zero attached hydrogens (tertiary/aromatic N) is 2. The van der Waals surface area contributed by atoms with Crippen LogP contribution in [-0.2, 0) is 40.6 Å². The average Bonchev–Trinajstić information content (AvgIpc) is 3.69. The molecule has 0 aliphatic carbocycles. The van der Waals surface area contributed by atoms with Gasteiger partial charge in [-0.15, -0.1) is 0 Å². The zero-order valence-corrected chi connectivity index (χ0v) is 48.3. The summed E-state index contributed by atoms with van der Waals surface area (Å²) in [6, 6.07) is 50.2. The Morgan fingerprint density at radius 3 is 1.64 bits per heavy atom. The number of nitrogens with one attached hydrogen (secondary N) is 2. The largest absolute Gasteiger partial charge is 0.496 e. The lowest BCUT2D eigenvalue weighted by molar-refractivity contribution is 0.0162. The normalized spacial score (nSPS) is 14.1. The van der Waals surface area contributed by atoms with Crippen molar-refractivity contribution in [3.8, 4) is 34.5 Å². The molecule has 7 aromatic rings. The number of fused-ring (bicyclic) bond motifs is 2. The van der Waals surface area contributed by atoms with Crippen LogP contribution in [0.15, 0.2) is 170 Å². The Hall–Kier alpha value is -8.68. The Labute approximate surface area is 488 Å². The van der Waals surface area contributed by atoms with E-state index >= 15 is 0 Å². The quantitative estimate of drug-likeness (QED) is 0.0231. The first-order valence-electron chi connectivity index (χ1n) is 26.3. The van der Waals surface area contributed by atoms with Crippen molar-refractivity contribution in [1.29, 1.82) is 5.41 Å². The first-order chi connectivity index (χ1) is 39.1. The van der Waals surface area contributed by atoms with Gasteiger partial charge in [-0.1, -0.05) is 129 Å². The molecule has 0 saturated carbocycles. The molecule has 2 aliphatic heterocycles. The second kappa shape index (κ2) is 30.9. The van der Waals surface area contributed by atoms with Gasteiger partial charge in [-0.25, -0.2) is 19.1 Å².